The molecule has 8 rings (SSSR count). The summed E-state index contributed by atoms with van der Waals surface area (Å²) in [6.45, 7) is 1.75. The molecule has 2 amide bonds. The summed E-state index contributed by atoms with van der Waals surface area (Å²) in [6, 6.07) is 15.6. The highest BCUT2D eigenvalue weighted by molar-refractivity contribution is 9.10. The predicted octanol–water partition coefficient (Wildman–Crippen LogP) is 7.67. The molecule has 0 aliphatic carbocycles. The molecule has 6 aromatic rings. The van der Waals surface area contributed by atoms with Crippen molar-refractivity contribution in [3.05, 3.63) is 129 Å². The number of carbonyl (C=O) groups excluding carboxylic acids is 2. The van der Waals surface area contributed by atoms with Crippen LogP contribution in [0, 0.1) is 11.6 Å². The fourth-order valence-electron chi connectivity index (χ4n) is 5.54. The average molecular weight is 889 g/mol. The quantitative estimate of drug-likeness (QED) is 0.145. The number of aromatic nitrogens is 8. The average Bonchev–Trinajstić information content (AvgIpc) is 3.87. The minimum atomic E-state index is -0.502. The highest BCUT2D eigenvalue weighted by Crippen LogP contribution is 2.30. The van der Waals surface area contributed by atoms with Crippen molar-refractivity contribution in [2.45, 2.75) is 25.9 Å². The number of nitrogens with one attached hydrogen (secondary N) is 2. The molecule has 0 fully saturated rings. The van der Waals surface area contributed by atoms with Crippen LogP contribution < -0.4 is 20.1 Å². The van der Waals surface area contributed by atoms with E-state index in [-0.39, 0.29) is 31.6 Å². The van der Waals surface area contributed by atoms with E-state index in [2.05, 4.69) is 72.9 Å². The molecule has 0 atom stereocenters. The van der Waals surface area contributed by atoms with Gasteiger partial charge in [-0.3, -0.25) is 9.59 Å². The lowest BCUT2D eigenvalue weighted by Crippen LogP contribution is -2.15. The molecule has 0 spiro atoms. The second-order valence-corrected chi connectivity index (χ2v) is 13.8. The highest BCUT2D eigenvalue weighted by Gasteiger charge is 2.20. The Labute approximate surface area is 335 Å². The Hall–Kier alpha value is -6.14. The number of allylic oxidation sites excluding steroid dienone is 2. The van der Waals surface area contributed by atoms with Gasteiger partial charge in [0.2, 0.25) is 0 Å². The fraction of sp³-hybridized carbons (Fsp3) is 0.158. The zero-order valence-electron chi connectivity index (χ0n) is 29.2. The van der Waals surface area contributed by atoms with E-state index in [9.17, 15) is 18.4 Å². The summed E-state index contributed by atoms with van der Waals surface area (Å²) in [5.41, 5.74) is 1.58. The molecule has 0 saturated carbocycles. The van der Waals surface area contributed by atoms with Gasteiger partial charge in [0.25, 0.3) is 11.8 Å². The van der Waals surface area contributed by atoms with Gasteiger partial charge >= 0.3 is 0 Å². The van der Waals surface area contributed by atoms with E-state index in [1.165, 1.54) is 24.3 Å². The van der Waals surface area contributed by atoms with E-state index < -0.39 is 23.4 Å². The molecule has 2 aromatic carbocycles. The van der Waals surface area contributed by atoms with Gasteiger partial charge in [0.15, 0.2) is 11.6 Å². The van der Waals surface area contributed by atoms with Crippen molar-refractivity contribution in [3.8, 4) is 34.5 Å². The Kier molecular flexibility index (Phi) is 12.0. The molecule has 0 saturated heterocycles. The molecule has 4 bridgehead atoms. The summed E-state index contributed by atoms with van der Waals surface area (Å²) in [6.07, 6.45) is 12.3. The van der Waals surface area contributed by atoms with Gasteiger partial charge in [0.05, 0.1) is 33.3 Å². The molecule has 2 N–H and O–H groups in total. The first-order valence-electron chi connectivity index (χ1n) is 17.1. The van der Waals surface area contributed by atoms with Crippen LogP contribution in [0.4, 0.5) is 20.4 Å². The highest BCUT2D eigenvalue weighted by atomic mass is 79.9. The van der Waals surface area contributed by atoms with E-state index >= 15 is 0 Å². The van der Waals surface area contributed by atoms with Crippen molar-refractivity contribution >= 4 is 55.3 Å². The standard InChI is InChI=1S/2C19H15BrFN5O2/c2*20-13-9-12-16(10-14(13)21)28-8-3-1-2-7-26-11-22-25-18(26)15-5-4-6-17(23-15)24-19(12)27/h2*1-2,4-6,9-11H,3,7-8H2,(H,23,24,27)/b2-1+;2-1-. The number of rotatable bonds is 0. The van der Waals surface area contributed by atoms with Crippen LogP contribution in [-0.4, -0.2) is 64.5 Å². The molecule has 2 aliphatic heterocycles. The molecule has 284 valence electrons. The first-order chi connectivity index (χ1) is 27.2. The van der Waals surface area contributed by atoms with Gasteiger partial charge in [-0.05, 0) is 81.1 Å². The molecular weight excluding hydrogens is 858 g/mol. The molecule has 4 aromatic heterocycles. The number of hydrogen-bond donors (Lipinski definition) is 2. The zero-order chi connectivity index (χ0) is 39.0. The van der Waals surface area contributed by atoms with Gasteiger partial charge in [-0.25, -0.2) is 18.7 Å². The van der Waals surface area contributed by atoms with Crippen molar-refractivity contribution in [1.29, 1.82) is 0 Å². The van der Waals surface area contributed by atoms with E-state index in [1.54, 1.807) is 49.1 Å². The Balaban J connectivity index is 0.000000172. The number of carbonyl (C=O) groups is 2. The van der Waals surface area contributed by atoms with E-state index in [1.807, 2.05) is 33.4 Å². The number of fused-ring (bicyclic) bond motifs is 10. The van der Waals surface area contributed by atoms with Crippen LogP contribution in [0.2, 0.25) is 0 Å². The van der Waals surface area contributed by atoms with Crippen molar-refractivity contribution < 1.29 is 27.8 Å². The third-order valence-electron chi connectivity index (χ3n) is 8.23. The Morgan fingerprint density at radius 2 is 1.07 bits per heavy atom. The predicted molar refractivity (Wildman–Crippen MR) is 209 cm³/mol. The second kappa shape index (κ2) is 17.5. The summed E-state index contributed by atoms with van der Waals surface area (Å²) in [4.78, 5) is 34.5. The first-order valence-corrected chi connectivity index (χ1v) is 18.7. The minimum absolute atomic E-state index is 0.176. The lowest BCUT2D eigenvalue weighted by Gasteiger charge is -2.12. The van der Waals surface area contributed by atoms with Crippen LogP contribution in [0.5, 0.6) is 11.5 Å². The summed E-state index contributed by atoms with van der Waals surface area (Å²) >= 11 is 6.23. The van der Waals surface area contributed by atoms with Crippen molar-refractivity contribution in [1.82, 2.24) is 39.5 Å². The minimum Gasteiger partial charge on any atom is -0.492 e. The number of anilines is 2. The molecule has 14 nitrogen and oxygen atoms in total. The van der Waals surface area contributed by atoms with E-state index in [4.69, 9.17) is 9.47 Å². The maximum Gasteiger partial charge on any atom is 0.260 e. The summed E-state index contributed by atoms with van der Waals surface area (Å²) in [5, 5.41) is 21.6. The Morgan fingerprint density at radius 3 is 1.52 bits per heavy atom. The topological polar surface area (TPSA) is 164 Å². The van der Waals surface area contributed by atoms with Crippen LogP contribution in [0.3, 0.4) is 0 Å². The lowest BCUT2D eigenvalue weighted by molar-refractivity contribution is 0.101. The molecular formula is C38H30Br2F2N10O4. The summed E-state index contributed by atoms with van der Waals surface area (Å²) < 4.78 is 43.3. The van der Waals surface area contributed by atoms with Gasteiger partial charge in [0.1, 0.15) is 58.8 Å². The van der Waals surface area contributed by atoms with Gasteiger partial charge in [-0.15, -0.1) is 20.4 Å². The van der Waals surface area contributed by atoms with Gasteiger partial charge < -0.3 is 29.2 Å². The Bertz CT molecular complexity index is 2300. The summed E-state index contributed by atoms with van der Waals surface area (Å²) in [7, 11) is 0. The van der Waals surface area contributed by atoms with Crippen LogP contribution in [0.1, 0.15) is 33.6 Å². The van der Waals surface area contributed by atoms with Gasteiger partial charge in [0, 0.05) is 25.2 Å². The maximum atomic E-state index is 14.0. The SMILES string of the molecule is O=C1Nc2cccc(n2)-c2nncn2C/C=C/CCOc2cc(F)c(Br)cc21.O=C1Nc2cccc(n2)-c2nncn2C/C=C\CCOc2cc(F)c(Br)cc21. The number of halogens is 4. The first kappa shape index (κ1) is 38.1. The maximum absolute atomic E-state index is 14.0. The van der Waals surface area contributed by atoms with Crippen LogP contribution >= 0.6 is 31.9 Å². The summed E-state index contributed by atoms with van der Waals surface area (Å²) in [5.74, 6) is 0.317. The fourth-order valence-corrected chi connectivity index (χ4v) is 6.22. The smallest absolute Gasteiger partial charge is 0.260 e. The number of nitrogens with zero attached hydrogens (tertiary/aromatic N) is 8. The van der Waals surface area contributed by atoms with Crippen LogP contribution in [0.25, 0.3) is 23.0 Å². The van der Waals surface area contributed by atoms with E-state index in [0.717, 1.165) is 0 Å². The lowest BCUT2D eigenvalue weighted by atomic mass is 10.1. The number of amides is 2. The monoisotopic (exact) mass is 886 g/mol. The molecule has 6 heterocycles. The Morgan fingerprint density at radius 1 is 0.625 bits per heavy atom. The number of hydrogen-bond acceptors (Lipinski definition) is 10. The van der Waals surface area contributed by atoms with Crippen molar-refractivity contribution in [2.75, 3.05) is 23.8 Å². The van der Waals surface area contributed by atoms with Crippen molar-refractivity contribution in [2.24, 2.45) is 0 Å². The third-order valence-corrected chi connectivity index (χ3v) is 9.44. The third kappa shape index (κ3) is 9.03. The molecule has 18 heteroatoms. The molecule has 0 radical (unpaired) electrons. The number of benzene rings is 2. The molecule has 56 heavy (non-hydrogen) atoms. The van der Waals surface area contributed by atoms with Crippen LogP contribution in [0.15, 0.2) is 107 Å². The normalized spacial score (nSPS) is 15.3. The second-order valence-electron chi connectivity index (χ2n) is 12.1. The molecule has 2 aliphatic rings. The number of pyridine rings is 2. The van der Waals surface area contributed by atoms with E-state index in [0.29, 0.717) is 73.8 Å². The molecule has 0 unspecified atom stereocenters. The van der Waals surface area contributed by atoms with Gasteiger partial charge in [-0.1, -0.05) is 36.4 Å². The van der Waals surface area contributed by atoms with Gasteiger partial charge in [-0.2, -0.15) is 0 Å². The van der Waals surface area contributed by atoms with Crippen molar-refractivity contribution in [3.63, 3.8) is 0 Å². The van der Waals surface area contributed by atoms with Crippen LogP contribution in [-0.2, 0) is 13.1 Å². The zero-order valence-corrected chi connectivity index (χ0v) is 32.4. The largest absolute Gasteiger partial charge is 0.492 e. The number of ether oxygens (including phenoxy) is 2.